The summed E-state index contributed by atoms with van der Waals surface area (Å²) in [6, 6.07) is 3.55. The molecule has 0 aliphatic carbocycles. The molecule has 14 heavy (non-hydrogen) atoms. The lowest BCUT2D eigenvalue weighted by molar-refractivity contribution is 0.0957. The van der Waals surface area contributed by atoms with E-state index in [9.17, 15) is 4.79 Å². The molecule has 1 aromatic rings. The van der Waals surface area contributed by atoms with Crippen LogP contribution in [0.3, 0.4) is 0 Å². The SMILES string of the molecule is O=C(c1ccc(Cl)s1)C1CSCCN1. The Morgan fingerprint density at radius 1 is 1.57 bits per heavy atom. The topological polar surface area (TPSA) is 29.1 Å². The van der Waals surface area contributed by atoms with Crippen LogP contribution in [0.5, 0.6) is 0 Å². The normalized spacial score (nSPS) is 22.2. The quantitative estimate of drug-likeness (QED) is 0.814. The van der Waals surface area contributed by atoms with Crippen molar-refractivity contribution >= 4 is 40.5 Å². The van der Waals surface area contributed by atoms with Gasteiger partial charge in [0.05, 0.1) is 15.3 Å². The summed E-state index contributed by atoms with van der Waals surface area (Å²) in [7, 11) is 0. The van der Waals surface area contributed by atoms with E-state index in [0.29, 0.717) is 4.34 Å². The molecular weight excluding hydrogens is 238 g/mol. The maximum atomic E-state index is 11.9. The molecule has 1 aromatic heterocycles. The zero-order valence-electron chi connectivity index (χ0n) is 7.46. The van der Waals surface area contributed by atoms with Gasteiger partial charge in [-0.15, -0.1) is 11.3 Å². The minimum absolute atomic E-state index is 0.0246. The second-order valence-electron chi connectivity index (χ2n) is 3.05. The minimum atomic E-state index is -0.0246. The van der Waals surface area contributed by atoms with Crippen molar-refractivity contribution in [2.75, 3.05) is 18.1 Å². The number of hydrogen-bond acceptors (Lipinski definition) is 4. The van der Waals surface area contributed by atoms with E-state index >= 15 is 0 Å². The molecular formula is C9H10ClNOS2. The lowest BCUT2D eigenvalue weighted by Gasteiger charge is -2.21. The molecule has 1 N–H and O–H groups in total. The second kappa shape index (κ2) is 4.66. The first-order chi connectivity index (χ1) is 6.77. The predicted octanol–water partition coefficient (Wildman–Crippen LogP) is 2.29. The number of hydrogen-bond donors (Lipinski definition) is 1. The number of halogens is 1. The van der Waals surface area contributed by atoms with Crippen LogP contribution in [-0.4, -0.2) is 29.9 Å². The van der Waals surface area contributed by atoms with Gasteiger partial charge in [-0.2, -0.15) is 11.8 Å². The highest BCUT2D eigenvalue weighted by atomic mass is 35.5. The van der Waals surface area contributed by atoms with Gasteiger partial charge < -0.3 is 5.32 Å². The minimum Gasteiger partial charge on any atom is -0.306 e. The van der Waals surface area contributed by atoms with Crippen molar-refractivity contribution in [2.45, 2.75) is 6.04 Å². The Kier molecular flexibility index (Phi) is 3.49. The van der Waals surface area contributed by atoms with Gasteiger partial charge in [-0.1, -0.05) is 11.6 Å². The van der Waals surface area contributed by atoms with Crippen LogP contribution in [-0.2, 0) is 0 Å². The number of carbonyl (C=O) groups excluding carboxylic acids is 1. The summed E-state index contributed by atoms with van der Waals surface area (Å²) in [4.78, 5) is 12.6. The average Bonchev–Trinajstić information content (AvgIpc) is 2.65. The summed E-state index contributed by atoms with van der Waals surface area (Å²) in [6.07, 6.45) is 0. The van der Waals surface area contributed by atoms with E-state index in [2.05, 4.69) is 5.32 Å². The third-order valence-corrected chi connectivity index (χ3v) is 4.36. The third kappa shape index (κ3) is 2.31. The molecule has 1 atom stereocenters. The molecule has 1 aliphatic rings. The Hall–Kier alpha value is -0.0300. The van der Waals surface area contributed by atoms with Crippen molar-refractivity contribution in [1.29, 1.82) is 0 Å². The van der Waals surface area contributed by atoms with Crippen molar-refractivity contribution in [1.82, 2.24) is 5.32 Å². The Bertz CT molecular complexity index is 333. The van der Waals surface area contributed by atoms with Crippen molar-refractivity contribution < 1.29 is 4.79 Å². The number of ketones is 1. The molecule has 5 heteroatoms. The van der Waals surface area contributed by atoms with E-state index in [1.807, 2.05) is 11.8 Å². The van der Waals surface area contributed by atoms with Gasteiger partial charge in [0, 0.05) is 18.1 Å². The summed E-state index contributed by atoms with van der Waals surface area (Å²) >= 11 is 8.96. The van der Waals surface area contributed by atoms with Crippen LogP contribution in [0, 0.1) is 0 Å². The van der Waals surface area contributed by atoms with Crippen molar-refractivity contribution in [3.8, 4) is 0 Å². The Morgan fingerprint density at radius 3 is 3.00 bits per heavy atom. The molecule has 0 radical (unpaired) electrons. The molecule has 2 rings (SSSR count). The lowest BCUT2D eigenvalue weighted by Crippen LogP contribution is -2.43. The lowest BCUT2D eigenvalue weighted by atomic mass is 10.2. The molecule has 2 heterocycles. The van der Waals surface area contributed by atoms with Crippen LogP contribution in [0.1, 0.15) is 9.67 Å². The monoisotopic (exact) mass is 247 g/mol. The number of nitrogens with one attached hydrogen (secondary N) is 1. The van der Waals surface area contributed by atoms with Crippen LogP contribution in [0.4, 0.5) is 0 Å². The summed E-state index contributed by atoms with van der Waals surface area (Å²) in [5, 5.41) is 3.22. The van der Waals surface area contributed by atoms with Gasteiger partial charge in [0.25, 0.3) is 0 Å². The predicted molar refractivity (Wildman–Crippen MR) is 62.8 cm³/mol. The summed E-state index contributed by atoms with van der Waals surface area (Å²) in [5.41, 5.74) is 0. The molecule has 1 saturated heterocycles. The van der Waals surface area contributed by atoms with Gasteiger partial charge in [0.15, 0.2) is 5.78 Å². The van der Waals surface area contributed by atoms with Gasteiger partial charge >= 0.3 is 0 Å². The molecule has 2 nitrogen and oxygen atoms in total. The van der Waals surface area contributed by atoms with Gasteiger partial charge in [-0.05, 0) is 12.1 Å². The number of rotatable bonds is 2. The highest BCUT2D eigenvalue weighted by molar-refractivity contribution is 7.99. The maximum Gasteiger partial charge on any atom is 0.190 e. The second-order valence-corrected chi connectivity index (χ2v) is 5.91. The molecule has 0 spiro atoms. The Balaban J connectivity index is 2.07. The smallest absolute Gasteiger partial charge is 0.190 e. The molecule has 1 unspecified atom stereocenters. The van der Waals surface area contributed by atoms with E-state index < -0.39 is 0 Å². The average molecular weight is 248 g/mol. The summed E-state index contributed by atoms with van der Waals surface area (Å²) in [6.45, 7) is 0.917. The van der Waals surface area contributed by atoms with Crippen LogP contribution in [0.25, 0.3) is 0 Å². The molecule has 0 bridgehead atoms. The van der Waals surface area contributed by atoms with Crippen molar-refractivity contribution in [2.24, 2.45) is 0 Å². The third-order valence-electron chi connectivity index (χ3n) is 2.05. The van der Waals surface area contributed by atoms with Gasteiger partial charge in [0.1, 0.15) is 0 Å². The molecule has 76 valence electrons. The van der Waals surface area contributed by atoms with Crippen LogP contribution in [0.15, 0.2) is 12.1 Å². The van der Waals surface area contributed by atoms with E-state index in [-0.39, 0.29) is 11.8 Å². The molecule has 1 fully saturated rings. The van der Waals surface area contributed by atoms with E-state index in [1.165, 1.54) is 11.3 Å². The van der Waals surface area contributed by atoms with Gasteiger partial charge in [-0.25, -0.2) is 0 Å². The van der Waals surface area contributed by atoms with Gasteiger partial charge in [0.2, 0.25) is 0 Å². The molecule has 0 amide bonds. The first-order valence-corrected chi connectivity index (χ1v) is 6.73. The zero-order chi connectivity index (χ0) is 9.97. The largest absolute Gasteiger partial charge is 0.306 e. The van der Waals surface area contributed by atoms with Crippen LogP contribution >= 0.6 is 34.7 Å². The molecule has 0 saturated carbocycles. The fourth-order valence-corrected chi connectivity index (χ4v) is 3.32. The summed E-state index contributed by atoms with van der Waals surface area (Å²) in [5.74, 6) is 2.14. The van der Waals surface area contributed by atoms with E-state index in [4.69, 9.17) is 11.6 Å². The first-order valence-electron chi connectivity index (χ1n) is 4.38. The highest BCUT2D eigenvalue weighted by Gasteiger charge is 2.23. The fourth-order valence-electron chi connectivity index (χ4n) is 1.35. The van der Waals surface area contributed by atoms with Crippen molar-refractivity contribution in [3.05, 3.63) is 21.3 Å². The summed E-state index contributed by atoms with van der Waals surface area (Å²) < 4.78 is 0.678. The maximum absolute atomic E-state index is 11.9. The van der Waals surface area contributed by atoms with E-state index in [1.54, 1.807) is 12.1 Å². The molecule has 0 aromatic carbocycles. The highest BCUT2D eigenvalue weighted by Crippen LogP contribution is 2.23. The Labute approximate surface area is 96.0 Å². The Morgan fingerprint density at radius 2 is 2.43 bits per heavy atom. The van der Waals surface area contributed by atoms with Crippen LogP contribution < -0.4 is 5.32 Å². The number of thiophene rings is 1. The van der Waals surface area contributed by atoms with Crippen LogP contribution in [0.2, 0.25) is 4.34 Å². The zero-order valence-corrected chi connectivity index (χ0v) is 9.85. The van der Waals surface area contributed by atoms with E-state index in [0.717, 1.165) is 22.9 Å². The standard InChI is InChI=1S/C9H10ClNOS2/c10-8-2-1-7(14-8)9(12)6-5-13-4-3-11-6/h1-2,6,11H,3-5H2. The van der Waals surface area contributed by atoms with Crippen molar-refractivity contribution in [3.63, 3.8) is 0 Å². The van der Waals surface area contributed by atoms with Gasteiger partial charge in [-0.3, -0.25) is 4.79 Å². The first kappa shape index (κ1) is 10.5. The number of carbonyl (C=O) groups is 1. The fraction of sp³-hybridized carbons (Fsp3) is 0.444. The number of thioether (sulfide) groups is 1. The number of Topliss-reactive ketones (excluding diaryl/α,β-unsaturated/α-hetero) is 1. The molecule has 1 aliphatic heterocycles.